The van der Waals surface area contributed by atoms with E-state index in [9.17, 15) is 4.79 Å². The average Bonchev–Trinajstić information content (AvgIpc) is 2.94. The fraction of sp³-hybridized carbons (Fsp3) is 0.412. The molecule has 0 bridgehead atoms. The van der Waals surface area contributed by atoms with E-state index in [-0.39, 0.29) is 5.97 Å². The number of aryl methyl sites for hydroxylation is 1. The molecule has 0 radical (unpaired) electrons. The molecule has 6 heteroatoms. The van der Waals surface area contributed by atoms with Crippen molar-refractivity contribution in [3.05, 3.63) is 34.8 Å². The number of rotatable bonds is 8. The lowest BCUT2D eigenvalue weighted by Gasteiger charge is -2.06. The Kier molecular flexibility index (Phi) is 7.05. The summed E-state index contributed by atoms with van der Waals surface area (Å²) in [5.41, 5.74) is 1.65. The largest absolute Gasteiger partial charge is 0.494 e. The van der Waals surface area contributed by atoms with Crippen molar-refractivity contribution >= 4 is 33.2 Å². The quantitative estimate of drug-likeness (QED) is 0.362. The summed E-state index contributed by atoms with van der Waals surface area (Å²) in [4.78, 5) is 17.0. The van der Waals surface area contributed by atoms with Crippen molar-refractivity contribution in [3.8, 4) is 16.3 Å². The molecule has 1 aromatic carbocycles. The fourth-order valence-electron chi connectivity index (χ4n) is 2.01. The molecule has 0 saturated carbocycles. The maximum Gasteiger partial charge on any atom is 0.350 e. The van der Waals surface area contributed by atoms with Crippen molar-refractivity contribution < 1.29 is 14.3 Å². The van der Waals surface area contributed by atoms with Crippen LogP contribution in [0.25, 0.3) is 10.6 Å². The monoisotopic (exact) mass is 397 g/mol. The standard InChI is InChI=1S/C17H20BrNO3S/c1-3-21-17(20)15-12(2)19-16(23-15)13-7-6-8-14(11-13)22-10-5-4-9-18/h6-8,11H,3-5,9-10H2,1-2H3. The Morgan fingerprint density at radius 3 is 2.91 bits per heavy atom. The summed E-state index contributed by atoms with van der Waals surface area (Å²) in [7, 11) is 0. The highest BCUT2D eigenvalue weighted by Gasteiger charge is 2.17. The van der Waals surface area contributed by atoms with Gasteiger partial charge < -0.3 is 9.47 Å². The fourth-order valence-corrected chi connectivity index (χ4v) is 3.36. The van der Waals surface area contributed by atoms with E-state index >= 15 is 0 Å². The lowest BCUT2D eigenvalue weighted by molar-refractivity contribution is 0.0531. The van der Waals surface area contributed by atoms with Gasteiger partial charge in [0.15, 0.2) is 0 Å². The smallest absolute Gasteiger partial charge is 0.350 e. The molecule has 0 aliphatic rings. The number of alkyl halides is 1. The summed E-state index contributed by atoms with van der Waals surface area (Å²) < 4.78 is 10.8. The molecule has 0 spiro atoms. The molecule has 0 fully saturated rings. The van der Waals surface area contributed by atoms with Crippen LogP contribution < -0.4 is 4.74 Å². The molecule has 0 atom stereocenters. The van der Waals surface area contributed by atoms with Crippen LogP contribution in [0.1, 0.15) is 35.1 Å². The van der Waals surface area contributed by atoms with Crippen LogP contribution in [-0.2, 0) is 4.74 Å². The molecule has 23 heavy (non-hydrogen) atoms. The number of carbonyl (C=O) groups excluding carboxylic acids is 1. The van der Waals surface area contributed by atoms with Crippen LogP contribution in [0.4, 0.5) is 0 Å². The van der Waals surface area contributed by atoms with Crippen molar-refractivity contribution in [2.24, 2.45) is 0 Å². The lowest BCUT2D eigenvalue weighted by atomic mass is 10.2. The number of ether oxygens (including phenoxy) is 2. The number of carbonyl (C=O) groups is 1. The van der Waals surface area contributed by atoms with Gasteiger partial charge >= 0.3 is 5.97 Å². The Balaban J connectivity index is 2.12. The average molecular weight is 398 g/mol. The zero-order valence-corrected chi connectivity index (χ0v) is 15.7. The van der Waals surface area contributed by atoms with E-state index in [1.807, 2.05) is 31.2 Å². The van der Waals surface area contributed by atoms with Gasteiger partial charge in [-0.1, -0.05) is 28.1 Å². The van der Waals surface area contributed by atoms with Crippen molar-refractivity contribution in [2.45, 2.75) is 26.7 Å². The summed E-state index contributed by atoms with van der Waals surface area (Å²) in [6.07, 6.45) is 2.10. The highest BCUT2D eigenvalue weighted by atomic mass is 79.9. The SMILES string of the molecule is CCOC(=O)c1sc(-c2cccc(OCCCCBr)c2)nc1C. The summed E-state index contributed by atoms with van der Waals surface area (Å²) in [5.74, 6) is 0.513. The van der Waals surface area contributed by atoms with Gasteiger partial charge in [-0.3, -0.25) is 0 Å². The Morgan fingerprint density at radius 1 is 1.35 bits per heavy atom. The zero-order valence-electron chi connectivity index (χ0n) is 13.3. The molecule has 2 rings (SSSR count). The number of thiazole rings is 1. The predicted octanol–water partition coefficient (Wildman–Crippen LogP) is 4.85. The minimum absolute atomic E-state index is 0.309. The molecule has 1 aromatic heterocycles. The van der Waals surface area contributed by atoms with Crippen LogP contribution in [0.15, 0.2) is 24.3 Å². The van der Waals surface area contributed by atoms with E-state index < -0.39 is 0 Å². The van der Waals surface area contributed by atoms with Crippen molar-refractivity contribution in [1.82, 2.24) is 4.98 Å². The first kappa shape index (κ1) is 17.9. The van der Waals surface area contributed by atoms with E-state index in [1.165, 1.54) is 11.3 Å². The minimum atomic E-state index is -0.309. The maximum atomic E-state index is 11.9. The zero-order chi connectivity index (χ0) is 16.7. The number of benzene rings is 1. The third-order valence-corrected chi connectivity index (χ3v) is 4.88. The second kappa shape index (κ2) is 9.03. The third-order valence-electron chi connectivity index (χ3n) is 3.14. The minimum Gasteiger partial charge on any atom is -0.494 e. The molecule has 0 N–H and O–H groups in total. The van der Waals surface area contributed by atoms with Crippen molar-refractivity contribution in [3.63, 3.8) is 0 Å². The Hall–Kier alpha value is -1.40. The Bertz CT molecular complexity index is 657. The predicted molar refractivity (Wildman–Crippen MR) is 96.8 cm³/mol. The van der Waals surface area contributed by atoms with Crippen LogP contribution in [0.3, 0.4) is 0 Å². The molecule has 0 aliphatic heterocycles. The molecule has 124 valence electrons. The number of aromatic nitrogens is 1. The Morgan fingerprint density at radius 2 is 2.17 bits per heavy atom. The van der Waals surface area contributed by atoms with E-state index in [2.05, 4.69) is 20.9 Å². The Labute approximate surface area is 149 Å². The van der Waals surface area contributed by atoms with Crippen molar-refractivity contribution in [1.29, 1.82) is 0 Å². The van der Waals surface area contributed by atoms with Gasteiger partial charge in [0, 0.05) is 10.9 Å². The first-order valence-electron chi connectivity index (χ1n) is 7.59. The molecule has 4 nitrogen and oxygen atoms in total. The van der Waals surface area contributed by atoms with E-state index in [1.54, 1.807) is 6.92 Å². The number of esters is 1. The van der Waals surface area contributed by atoms with Gasteiger partial charge in [0.2, 0.25) is 0 Å². The molecule has 0 unspecified atom stereocenters. The number of nitrogens with zero attached hydrogens (tertiary/aromatic N) is 1. The van der Waals surface area contributed by atoms with Crippen LogP contribution in [0.5, 0.6) is 5.75 Å². The summed E-state index contributed by atoms with van der Waals surface area (Å²) in [6.45, 7) is 4.68. The molecular formula is C17H20BrNO3S. The van der Waals surface area contributed by atoms with Gasteiger partial charge in [-0.05, 0) is 38.8 Å². The second-order valence-corrected chi connectivity index (χ2v) is 6.72. The third kappa shape index (κ3) is 5.04. The lowest BCUT2D eigenvalue weighted by Crippen LogP contribution is -2.03. The van der Waals surface area contributed by atoms with Crippen LogP contribution >= 0.6 is 27.3 Å². The highest BCUT2D eigenvalue weighted by Crippen LogP contribution is 2.30. The van der Waals surface area contributed by atoms with Gasteiger partial charge in [0.05, 0.1) is 18.9 Å². The van der Waals surface area contributed by atoms with Gasteiger partial charge in [-0.2, -0.15) is 0 Å². The van der Waals surface area contributed by atoms with Crippen molar-refractivity contribution in [2.75, 3.05) is 18.5 Å². The first-order chi connectivity index (χ1) is 11.2. The van der Waals surface area contributed by atoms with Crippen LogP contribution in [0, 0.1) is 6.92 Å². The van der Waals surface area contributed by atoms with E-state index in [0.717, 1.165) is 34.5 Å². The maximum absolute atomic E-state index is 11.9. The number of hydrogen-bond donors (Lipinski definition) is 0. The van der Waals surface area contributed by atoms with Gasteiger partial charge in [0.1, 0.15) is 15.6 Å². The van der Waals surface area contributed by atoms with Crippen LogP contribution in [-0.4, -0.2) is 29.5 Å². The van der Waals surface area contributed by atoms with Crippen LogP contribution in [0.2, 0.25) is 0 Å². The molecular weight excluding hydrogens is 378 g/mol. The molecule has 0 aliphatic carbocycles. The van der Waals surface area contributed by atoms with Gasteiger partial charge in [0.25, 0.3) is 0 Å². The second-order valence-electron chi connectivity index (χ2n) is 4.93. The molecule has 0 saturated heterocycles. The molecule has 0 amide bonds. The summed E-state index contributed by atoms with van der Waals surface area (Å²) >= 11 is 4.76. The summed E-state index contributed by atoms with van der Waals surface area (Å²) in [6, 6.07) is 7.81. The highest BCUT2D eigenvalue weighted by molar-refractivity contribution is 9.09. The normalized spacial score (nSPS) is 10.6. The molecule has 2 aromatic rings. The number of hydrogen-bond acceptors (Lipinski definition) is 5. The number of halogens is 1. The molecule has 1 heterocycles. The van der Waals surface area contributed by atoms with E-state index in [4.69, 9.17) is 9.47 Å². The number of unbranched alkanes of at least 4 members (excludes halogenated alkanes) is 1. The van der Waals surface area contributed by atoms with Gasteiger partial charge in [-0.15, -0.1) is 11.3 Å². The van der Waals surface area contributed by atoms with Gasteiger partial charge in [-0.25, -0.2) is 9.78 Å². The van der Waals surface area contributed by atoms with E-state index in [0.29, 0.717) is 23.8 Å². The summed E-state index contributed by atoms with van der Waals surface area (Å²) in [5, 5.41) is 1.79. The first-order valence-corrected chi connectivity index (χ1v) is 9.53. The topological polar surface area (TPSA) is 48.4 Å².